The number of hydrogen-bond donors (Lipinski definition) is 2. The van der Waals surface area contributed by atoms with Crippen molar-refractivity contribution in [2.45, 2.75) is 56.1 Å². The second-order valence-corrected chi connectivity index (χ2v) is 15.2. The first-order valence-corrected chi connectivity index (χ1v) is 19.5. The van der Waals surface area contributed by atoms with Gasteiger partial charge in [0, 0.05) is 38.2 Å². The van der Waals surface area contributed by atoms with E-state index in [4.69, 9.17) is 9.47 Å². The van der Waals surface area contributed by atoms with Gasteiger partial charge in [0.15, 0.2) is 6.29 Å². The van der Waals surface area contributed by atoms with Crippen molar-refractivity contribution in [3.63, 3.8) is 0 Å². The summed E-state index contributed by atoms with van der Waals surface area (Å²) in [7, 11) is -3.66. The fourth-order valence-electron chi connectivity index (χ4n) is 6.82. The van der Waals surface area contributed by atoms with Crippen LogP contribution in [0.3, 0.4) is 0 Å². The van der Waals surface area contributed by atoms with Crippen molar-refractivity contribution in [2.75, 3.05) is 6.54 Å². The molecule has 0 aliphatic carbocycles. The molecule has 7 nitrogen and oxygen atoms in total. The standard InChI is InChI=1S/C45H44N2O5S/c48-33-36-20-22-38(23-21-36)44-28-41(32-47(30-34-12-4-1-5-13-34)31-35-14-6-2-7-15-35)51-45(52-44)39-26-24-37(25-27-39)43-19-11-10-16-40(43)29-46-53(49,50)42-17-8-3-9-18-42/h1-27,41,44-46,48H,28-33H2/t41-,44+,45+/m0/s1. The van der Waals surface area contributed by atoms with Crippen LogP contribution in [0.25, 0.3) is 11.1 Å². The third-order valence-corrected chi connectivity index (χ3v) is 11.0. The van der Waals surface area contributed by atoms with Gasteiger partial charge in [0.25, 0.3) is 0 Å². The molecule has 6 aromatic rings. The minimum Gasteiger partial charge on any atom is -0.392 e. The van der Waals surface area contributed by atoms with Crippen LogP contribution in [0.15, 0.2) is 169 Å². The van der Waals surface area contributed by atoms with Gasteiger partial charge in [-0.15, -0.1) is 0 Å². The Hall–Kier alpha value is -4.93. The summed E-state index contributed by atoms with van der Waals surface area (Å²) in [4.78, 5) is 2.67. The average Bonchev–Trinajstić information content (AvgIpc) is 3.21. The molecule has 2 N–H and O–H groups in total. The molecule has 270 valence electrons. The zero-order valence-electron chi connectivity index (χ0n) is 29.5. The van der Waals surface area contributed by atoms with Gasteiger partial charge in [-0.05, 0) is 51.1 Å². The van der Waals surface area contributed by atoms with Crippen molar-refractivity contribution >= 4 is 10.0 Å². The summed E-state index contributed by atoms with van der Waals surface area (Å²) in [5.74, 6) is 0. The van der Waals surface area contributed by atoms with Crippen molar-refractivity contribution < 1.29 is 23.0 Å². The summed E-state index contributed by atoms with van der Waals surface area (Å²) >= 11 is 0. The number of nitrogens with zero attached hydrogens (tertiary/aromatic N) is 1. The largest absolute Gasteiger partial charge is 0.392 e. The van der Waals surface area contributed by atoms with Crippen molar-refractivity contribution in [1.82, 2.24) is 9.62 Å². The van der Waals surface area contributed by atoms with Gasteiger partial charge in [-0.25, -0.2) is 13.1 Å². The SMILES string of the molecule is O=S(=O)(NCc1ccccc1-c1ccc([C@@H]2O[C@H](CN(Cc3ccccc3)Cc3ccccc3)C[C@H](c3ccc(CO)cc3)O2)cc1)c1ccccc1. The van der Waals surface area contributed by atoms with E-state index in [2.05, 4.69) is 58.2 Å². The maximum Gasteiger partial charge on any atom is 0.240 e. The lowest BCUT2D eigenvalue weighted by Crippen LogP contribution is -2.39. The monoisotopic (exact) mass is 724 g/mol. The van der Waals surface area contributed by atoms with E-state index in [1.165, 1.54) is 11.1 Å². The molecule has 8 heteroatoms. The topological polar surface area (TPSA) is 88.1 Å². The lowest BCUT2D eigenvalue weighted by molar-refractivity contribution is -0.253. The van der Waals surface area contributed by atoms with E-state index in [0.717, 1.165) is 46.5 Å². The van der Waals surface area contributed by atoms with E-state index >= 15 is 0 Å². The van der Waals surface area contributed by atoms with Crippen LogP contribution in [-0.2, 0) is 45.7 Å². The number of sulfonamides is 1. The normalized spacial score (nSPS) is 17.5. The Bertz CT molecular complexity index is 2110. The van der Waals surface area contributed by atoms with Gasteiger partial charge in [-0.2, -0.15) is 0 Å². The van der Waals surface area contributed by atoms with E-state index in [0.29, 0.717) is 13.0 Å². The van der Waals surface area contributed by atoms with Crippen molar-refractivity contribution in [1.29, 1.82) is 0 Å². The van der Waals surface area contributed by atoms with E-state index in [1.807, 2.05) is 84.9 Å². The smallest absolute Gasteiger partial charge is 0.240 e. The number of hydrogen-bond acceptors (Lipinski definition) is 6. The van der Waals surface area contributed by atoms with Crippen LogP contribution in [0, 0.1) is 0 Å². The molecule has 1 saturated heterocycles. The third kappa shape index (κ3) is 9.55. The molecule has 0 saturated carbocycles. The first-order valence-electron chi connectivity index (χ1n) is 18.0. The average molecular weight is 725 g/mol. The molecule has 0 spiro atoms. The van der Waals surface area contributed by atoms with Gasteiger partial charge in [-0.1, -0.05) is 152 Å². The highest BCUT2D eigenvalue weighted by Crippen LogP contribution is 2.39. The molecule has 0 bridgehead atoms. The van der Waals surface area contributed by atoms with Crippen molar-refractivity contribution in [3.8, 4) is 11.1 Å². The predicted molar refractivity (Wildman–Crippen MR) is 208 cm³/mol. The third-order valence-electron chi connectivity index (χ3n) is 9.59. The first kappa shape index (κ1) is 36.4. The molecule has 0 aromatic heterocycles. The minimum absolute atomic E-state index is 0.0114. The van der Waals surface area contributed by atoms with Crippen LogP contribution in [0.4, 0.5) is 0 Å². The molecule has 1 aliphatic rings. The summed E-state index contributed by atoms with van der Waals surface area (Å²) in [6.07, 6.45) is -0.255. The Balaban J connectivity index is 1.12. The van der Waals surface area contributed by atoms with E-state index in [9.17, 15) is 13.5 Å². The highest BCUT2D eigenvalue weighted by Gasteiger charge is 2.33. The second kappa shape index (κ2) is 17.3. The maximum atomic E-state index is 13.0. The van der Waals surface area contributed by atoms with Crippen LogP contribution < -0.4 is 4.72 Å². The first-order chi connectivity index (χ1) is 25.9. The van der Waals surface area contributed by atoms with Gasteiger partial charge in [0.2, 0.25) is 10.0 Å². The molecule has 6 aromatic carbocycles. The molecule has 0 amide bonds. The zero-order chi connectivity index (χ0) is 36.5. The van der Waals surface area contributed by atoms with Crippen molar-refractivity contribution in [2.24, 2.45) is 0 Å². The van der Waals surface area contributed by atoms with Crippen LogP contribution in [0.5, 0.6) is 0 Å². The van der Waals surface area contributed by atoms with Gasteiger partial charge < -0.3 is 14.6 Å². The minimum atomic E-state index is -3.66. The van der Waals surface area contributed by atoms with Crippen LogP contribution in [0.2, 0.25) is 0 Å². The molecular weight excluding hydrogens is 681 g/mol. The number of aliphatic hydroxyl groups is 1. The lowest BCUT2D eigenvalue weighted by Gasteiger charge is -2.38. The van der Waals surface area contributed by atoms with Crippen LogP contribution >= 0.6 is 0 Å². The Morgan fingerprint density at radius 1 is 0.623 bits per heavy atom. The number of nitrogens with one attached hydrogen (secondary N) is 1. The van der Waals surface area contributed by atoms with Gasteiger partial charge in [0.1, 0.15) is 0 Å². The Kier molecular flexibility index (Phi) is 11.9. The van der Waals surface area contributed by atoms with E-state index in [1.54, 1.807) is 30.3 Å². The van der Waals surface area contributed by atoms with E-state index in [-0.39, 0.29) is 30.3 Å². The van der Waals surface area contributed by atoms with Crippen molar-refractivity contribution in [3.05, 3.63) is 197 Å². The Labute approximate surface area is 312 Å². The fraction of sp³-hybridized carbons (Fsp3) is 0.200. The zero-order valence-corrected chi connectivity index (χ0v) is 30.3. The number of aliphatic hydroxyl groups excluding tert-OH is 1. The molecule has 7 rings (SSSR count). The maximum absolute atomic E-state index is 13.0. The van der Waals surface area contributed by atoms with Gasteiger partial charge >= 0.3 is 0 Å². The molecule has 0 unspecified atom stereocenters. The molecule has 53 heavy (non-hydrogen) atoms. The van der Waals surface area contributed by atoms with Gasteiger partial charge in [0.05, 0.1) is 23.7 Å². The van der Waals surface area contributed by atoms with Crippen LogP contribution in [0.1, 0.15) is 52.2 Å². The lowest BCUT2D eigenvalue weighted by atomic mass is 9.97. The molecular formula is C45H44N2O5S. The molecule has 0 radical (unpaired) electrons. The Morgan fingerprint density at radius 2 is 1.19 bits per heavy atom. The highest BCUT2D eigenvalue weighted by molar-refractivity contribution is 7.89. The number of ether oxygens (including phenoxy) is 2. The summed E-state index contributed by atoms with van der Waals surface area (Å²) in [6.45, 7) is 2.42. The van der Waals surface area contributed by atoms with Crippen LogP contribution in [-0.4, -0.2) is 31.1 Å². The molecule has 1 heterocycles. The number of rotatable bonds is 14. The summed E-state index contributed by atoms with van der Waals surface area (Å²) in [5, 5.41) is 9.66. The summed E-state index contributed by atoms with van der Waals surface area (Å²) < 4.78 is 42.1. The quantitative estimate of drug-likeness (QED) is 0.117. The highest BCUT2D eigenvalue weighted by atomic mass is 32.2. The predicted octanol–water partition coefficient (Wildman–Crippen LogP) is 8.57. The number of benzene rings is 6. The molecule has 1 aliphatic heterocycles. The summed E-state index contributed by atoms with van der Waals surface area (Å²) in [6, 6.07) is 53.4. The van der Waals surface area contributed by atoms with E-state index < -0.39 is 16.3 Å². The van der Waals surface area contributed by atoms with Gasteiger partial charge in [-0.3, -0.25) is 4.90 Å². The molecule has 1 fully saturated rings. The molecule has 3 atom stereocenters. The second-order valence-electron chi connectivity index (χ2n) is 13.4. The fourth-order valence-corrected chi connectivity index (χ4v) is 7.85. The Morgan fingerprint density at radius 3 is 1.81 bits per heavy atom. The summed E-state index contributed by atoms with van der Waals surface area (Å²) in [5.41, 5.74) is 8.06.